The fourth-order valence-electron chi connectivity index (χ4n) is 2.51. The molecule has 5 nitrogen and oxygen atoms in total. The highest BCUT2D eigenvalue weighted by Gasteiger charge is 2.05. The van der Waals surface area contributed by atoms with Gasteiger partial charge in [-0.15, -0.1) is 0 Å². The molecule has 1 N–H and O–H groups in total. The molecule has 0 atom stereocenters. The maximum absolute atomic E-state index is 3.22. The highest BCUT2D eigenvalue weighted by atomic mass is 15.3. The second kappa shape index (κ2) is 12.1. The summed E-state index contributed by atoms with van der Waals surface area (Å²) in [5.41, 5.74) is 0. The molecule has 0 aromatic heterocycles. The van der Waals surface area contributed by atoms with E-state index < -0.39 is 0 Å². The van der Waals surface area contributed by atoms with Crippen molar-refractivity contribution in [3.63, 3.8) is 0 Å². The summed E-state index contributed by atoms with van der Waals surface area (Å²) in [6.45, 7) is 11.3. The number of hydrogen-bond acceptors (Lipinski definition) is 5. The highest BCUT2D eigenvalue weighted by molar-refractivity contribution is 4.88. The van der Waals surface area contributed by atoms with Gasteiger partial charge in [0.05, 0.1) is 13.3 Å². The third-order valence-electron chi connectivity index (χ3n) is 4.04. The average Bonchev–Trinajstić information content (AvgIpc) is 3.29. The molecule has 0 unspecified atom stereocenters. The van der Waals surface area contributed by atoms with Gasteiger partial charge in [0.25, 0.3) is 0 Å². The fraction of sp³-hybridized carbons (Fsp3) is 0.778. The Hall–Kier alpha value is -1.36. The first kappa shape index (κ1) is 19.7. The van der Waals surface area contributed by atoms with Crippen LogP contribution in [0.4, 0.5) is 0 Å². The van der Waals surface area contributed by atoms with Gasteiger partial charge in [0.1, 0.15) is 0 Å². The maximum atomic E-state index is 3.22. The molecule has 3 heterocycles. The van der Waals surface area contributed by atoms with E-state index in [1.807, 2.05) is 0 Å². The van der Waals surface area contributed by atoms with Gasteiger partial charge in [-0.2, -0.15) is 0 Å². The van der Waals surface area contributed by atoms with Crippen molar-refractivity contribution in [2.75, 3.05) is 53.6 Å². The Labute approximate surface area is 143 Å². The molecule has 23 heavy (non-hydrogen) atoms. The lowest BCUT2D eigenvalue weighted by molar-refractivity contribution is 0.293. The molecule has 0 spiro atoms. The summed E-state index contributed by atoms with van der Waals surface area (Å²) < 4.78 is 0. The molecule has 0 amide bonds. The van der Waals surface area contributed by atoms with Gasteiger partial charge in [-0.1, -0.05) is 13.3 Å². The predicted molar refractivity (Wildman–Crippen MR) is 99.6 cm³/mol. The van der Waals surface area contributed by atoms with Gasteiger partial charge >= 0.3 is 0 Å². The molecule has 0 aromatic carbocycles. The van der Waals surface area contributed by atoms with E-state index in [9.17, 15) is 0 Å². The average molecular weight is 324 g/mol. The zero-order valence-electron chi connectivity index (χ0n) is 15.7. The van der Waals surface area contributed by atoms with Crippen molar-refractivity contribution < 1.29 is 0 Å². The Morgan fingerprint density at radius 2 is 1.39 bits per heavy atom. The normalized spacial score (nSPS) is 19.0. The van der Waals surface area contributed by atoms with E-state index >= 15 is 0 Å². The Balaban J connectivity index is 0.000000182. The van der Waals surface area contributed by atoms with Gasteiger partial charge in [-0.25, -0.2) is 0 Å². The molecular weight excluding hydrogens is 286 g/mol. The minimum atomic E-state index is 1.05. The van der Waals surface area contributed by atoms with E-state index in [-0.39, 0.29) is 0 Å². The second-order valence-corrected chi connectivity index (χ2v) is 6.42. The Morgan fingerprint density at radius 3 is 1.70 bits per heavy atom. The van der Waals surface area contributed by atoms with Gasteiger partial charge in [-0.05, 0) is 39.3 Å². The first-order valence-electron chi connectivity index (χ1n) is 9.11. The third-order valence-corrected chi connectivity index (χ3v) is 4.04. The molecule has 0 saturated carbocycles. The molecular formula is C18H37N5. The monoisotopic (exact) mass is 323 g/mol. The van der Waals surface area contributed by atoms with Crippen LogP contribution in [0.25, 0.3) is 0 Å². The Bertz CT molecular complexity index is 331. The van der Waals surface area contributed by atoms with E-state index in [0.29, 0.717) is 0 Å². The zero-order chi connectivity index (χ0) is 16.9. The standard InChI is InChI=1S/C8H16N2.C6H12N2.C4H9N/c1-3-4-5-10-7-6-9(2)8-10;1-3-8-5-4-7(2)6-8;1-2-4-5-3-1/h6-7H,3-5,8H2,1-2H3;4-5H,3,6H2,1-2H3;5H,1-4H2. The predicted octanol–water partition coefficient (Wildman–Crippen LogP) is 2.51. The summed E-state index contributed by atoms with van der Waals surface area (Å²) in [5, 5.41) is 3.22. The van der Waals surface area contributed by atoms with E-state index in [1.54, 1.807) is 0 Å². The summed E-state index contributed by atoms with van der Waals surface area (Å²) >= 11 is 0. The molecule has 1 fully saturated rings. The number of nitrogens with one attached hydrogen (secondary N) is 1. The van der Waals surface area contributed by atoms with Crippen molar-refractivity contribution in [1.29, 1.82) is 0 Å². The van der Waals surface area contributed by atoms with Crippen LogP contribution in [0.2, 0.25) is 0 Å². The molecule has 1 saturated heterocycles. The van der Waals surface area contributed by atoms with E-state index in [0.717, 1.165) is 19.9 Å². The van der Waals surface area contributed by atoms with E-state index in [2.05, 4.69) is 77.7 Å². The van der Waals surface area contributed by atoms with E-state index in [1.165, 1.54) is 45.3 Å². The molecule has 0 aliphatic carbocycles. The fourth-order valence-corrected chi connectivity index (χ4v) is 2.51. The SMILES string of the molecule is C1CCNC1.CCCCN1C=CN(C)C1.CCN1C=CN(C)C1. The lowest BCUT2D eigenvalue weighted by Gasteiger charge is -2.17. The Morgan fingerprint density at radius 1 is 0.826 bits per heavy atom. The summed E-state index contributed by atoms with van der Waals surface area (Å²) in [7, 11) is 4.18. The molecule has 134 valence electrons. The van der Waals surface area contributed by atoms with Gasteiger partial charge in [0, 0.05) is 52.0 Å². The van der Waals surface area contributed by atoms with Crippen molar-refractivity contribution in [3.8, 4) is 0 Å². The van der Waals surface area contributed by atoms with Gasteiger partial charge in [0.2, 0.25) is 0 Å². The first-order chi connectivity index (χ1) is 11.2. The summed E-state index contributed by atoms with van der Waals surface area (Å²) in [6.07, 6.45) is 13.8. The summed E-state index contributed by atoms with van der Waals surface area (Å²) in [5.74, 6) is 0. The third kappa shape index (κ3) is 9.39. The number of hydrogen-bond donors (Lipinski definition) is 1. The molecule has 3 rings (SSSR count). The zero-order valence-corrected chi connectivity index (χ0v) is 15.7. The van der Waals surface area contributed by atoms with Crippen molar-refractivity contribution in [2.45, 2.75) is 39.5 Å². The van der Waals surface area contributed by atoms with Gasteiger partial charge in [-0.3, -0.25) is 0 Å². The quantitative estimate of drug-likeness (QED) is 0.857. The molecule has 0 aromatic rings. The molecule has 3 aliphatic heterocycles. The first-order valence-corrected chi connectivity index (χ1v) is 9.11. The number of nitrogens with zero attached hydrogens (tertiary/aromatic N) is 4. The van der Waals surface area contributed by atoms with Crippen LogP contribution in [0.1, 0.15) is 39.5 Å². The van der Waals surface area contributed by atoms with Crippen molar-refractivity contribution in [2.24, 2.45) is 0 Å². The summed E-state index contributed by atoms with van der Waals surface area (Å²) in [4.78, 5) is 8.93. The highest BCUT2D eigenvalue weighted by Crippen LogP contribution is 2.04. The smallest absolute Gasteiger partial charge is 0.0890 e. The number of rotatable bonds is 4. The maximum Gasteiger partial charge on any atom is 0.0890 e. The van der Waals surface area contributed by atoms with Crippen LogP contribution in [-0.2, 0) is 0 Å². The molecule has 3 aliphatic rings. The number of unbranched alkanes of at least 4 members (excludes halogenated alkanes) is 1. The largest absolute Gasteiger partial charge is 0.362 e. The minimum absolute atomic E-state index is 1.05. The molecule has 5 heteroatoms. The topological polar surface area (TPSA) is 25.0 Å². The van der Waals surface area contributed by atoms with Crippen molar-refractivity contribution in [1.82, 2.24) is 24.9 Å². The lowest BCUT2D eigenvalue weighted by atomic mass is 10.3. The van der Waals surface area contributed by atoms with Gasteiger partial charge < -0.3 is 24.9 Å². The molecule has 0 bridgehead atoms. The van der Waals surface area contributed by atoms with Crippen LogP contribution in [0.5, 0.6) is 0 Å². The van der Waals surface area contributed by atoms with Crippen LogP contribution in [0, 0.1) is 0 Å². The van der Waals surface area contributed by atoms with Crippen LogP contribution >= 0.6 is 0 Å². The van der Waals surface area contributed by atoms with Crippen molar-refractivity contribution >= 4 is 0 Å². The van der Waals surface area contributed by atoms with Gasteiger partial charge in [0.15, 0.2) is 0 Å². The minimum Gasteiger partial charge on any atom is -0.362 e. The molecule has 0 radical (unpaired) electrons. The lowest BCUT2D eigenvalue weighted by Crippen LogP contribution is -2.23. The van der Waals surface area contributed by atoms with Crippen LogP contribution in [0.15, 0.2) is 24.8 Å². The van der Waals surface area contributed by atoms with Crippen molar-refractivity contribution in [3.05, 3.63) is 24.8 Å². The second-order valence-electron chi connectivity index (χ2n) is 6.42. The van der Waals surface area contributed by atoms with Crippen LogP contribution in [-0.4, -0.2) is 73.2 Å². The van der Waals surface area contributed by atoms with E-state index in [4.69, 9.17) is 0 Å². The summed E-state index contributed by atoms with van der Waals surface area (Å²) in [6, 6.07) is 0. The Kier molecular flexibility index (Phi) is 10.4. The van der Waals surface area contributed by atoms with Crippen LogP contribution in [0.3, 0.4) is 0 Å². The van der Waals surface area contributed by atoms with Crippen LogP contribution < -0.4 is 5.32 Å².